The fraction of sp³-hybridized carbons (Fsp3) is 0.571. The van der Waals surface area contributed by atoms with Crippen LogP contribution in [0.1, 0.15) is 48.4 Å². The number of hydrogen-bond acceptors (Lipinski definition) is 7. The van der Waals surface area contributed by atoms with Crippen LogP contribution in [0.2, 0.25) is 0 Å². The molecule has 0 saturated carbocycles. The second-order valence-corrected chi connectivity index (χ2v) is 8.19. The molecule has 0 spiro atoms. The number of pyridine rings is 1. The minimum atomic E-state index is -4.81. The number of nitrogens with zero attached hydrogens (tertiary/aromatic N) is 4. The van der Waals surface area contributed by atoms with E-state index in [4.69, 9.17) is 4.42 Å². The number of rotatable bonds is 5. The molecule has 2 fully saturated rings. The number of oxazole rings is 1. The zero-order valence-electron chi connectivity index (χ0n) is 17.6. The molecule has 0 unspecified atom stereocenters. The zero-order valence-corrected chi connectivity index (χ0v) is 17.6. The summed E-state index contributed by atoms with van der Waals surface area (Å²) >= 11 is 0. The Kier molecular flexibility index (Phi) is 6.54. The van der Waals surface area contributed by atoms with Crippen LogP contribution in [-0.2, 0) is 6.18 Å². The summed E-state index contributed by atoms with van der Waals surface area (Å²) in [5.41, 5.74) is -1.07. The van der Waals surface area contributed by atoms with Crippen LogP contribution in [0.15, 0.2) is 22.7 Å². The van der Waals surface area contributed by atoms with Crippen LogP contribution in [-0.4, -0.2) is 53.8 Å². The number of piperidine rings is 2. The van der Waals surface area contributed by atoms with Gasteiger partial charge in [0.1, 0.15) is 5.82 Å². The molecule has 0 atom stereocenters. The number of aliphatic hydroxyl groups excluding tert-OH is 1. The molecule has 4 rings (SSSR count). The van der Waals surface area contributed by atoms with E-state index in [9.17, 15) is 23.1 Å². The number of nitrogens with one attached hydrogen (secondary N) is 1. The number of anilines is 3. The Morgan fingerprint density at radius 2 is 1.84 bits per heavy atom. The lowest BCUT2D eigenvalue weighted by atomic mass is 9.98. The molecule has 2 aromatic heterocycles. The Morgan fingerprint density at radius 3 is 2.44 bits per heavy atom. The molecular formula is C21H26F3N5O3. The minimum Gasteiger partial charge on any atom is -0.417 e. The fourth-order valence-corrected chi connectivity index (χ4v) is 4.05. The largest absolute Gasteiger partial charge is 0.437 e. The van der Waals surface area contributed by atoms with Gasteiger partial charge in [-0.1, -0.05) is 0 Å². The summed E-state index contributed by atoms with van der Waals surface area (Å²) in [6.45, 7) is 2.78. The van der Waals surface area contributed by atoms with E-state index < -0.39 is 23.5 Å². The fourth-order valence-electron chi connectivity index (χ4n) is 4.05. The summed E-state index contributed by atoms with van der Waals surface area (Å²) in [5, 5.41) is 11.7. The average molecular weight is 453 g/mol. The summed E-state index contributed by atoms with van der Waals surface area (Å²) in [7, 11) is 0. The van der Waals surface area contributed by atoms with Crippen LogP contribution < -0.4 is 15.1 Å². The van der Waals surface area contributed by atoms with E-state index >= 15 is 0 Å². The summed E-state index contributed by atoms with van der Waals surface area (Å²) in [6.07, 6.45) is 0.984. The molecule has 4 heterocycles. The van der Waals surface area contributed by atoms with Crippen LogP contribution in [0.25, 0.3) is 0 Å². The van der Waals surface area contributed by atoms with Crippen molar-refractivity contribution in [1.29, 1.82) is 0 Å². The zero-order chi connectivity index (χ0) is 22.7. The van der Waals surface area contributed by atoms with Gasteiger partial charge in [0.05, 0.1) is 11.9 Å². The number of hydrogen-bond donors (Lipinski definition) is 2. The number of amides is 1. The molecule has 2 saturated heterocycles. The predicted octanol–water partition coefficient (Wildman–Crippen LogP) is 3.54. The summed E-state index contributed by atoms with van der Waals surface area (Å²) in [4.78, 5) is 24.2. The third kappa shape index (κ3) is 4.98. The molecule has 2 aliphatic rings. The number of aliphatic hydroxyl groups is 1. The van der Waals surface area contributed by atoms with Crippen molar-refractivity contribution < 1.29 is 27.5 Å². The highest BCUT2D eigenvalue weighted by Gasteiger charge is 2.42. The van der Waals surface area contributed by atoms with Crippen LogP contribution in [0.5, 0.6) is 0 Å². The number of carbonyl (C=O) groups excluding carboxylic acids is 1. The molecule has 11 heteroatoms. The van der Waals surface area contributed by atoms with Crippen molar-refractivity contribution in [3.63, 3.8) is 0 Å². The van der Waals surface area contributed by atoms with Crippen LogP contribution >= 0.6 is 0 Å². The average Bonchev–Trinajstić information content (AvgIpc) is 3.27. The van der Waals surface area contributed by atoms with Gasteiger partial charge in [-0.2, -0.15) is 18.2 Å². The van der Waals surface area contributed by atoms with Gasteiger partial charge in [0, 0.05) is 32.8 Å². The number of halogens is 3. The lowest BCUT2D eigenvalue weighted by Gasteiger charge is -2.32. The second kappa shape index (κ2) is 9.35. The third-order valence-electron chi connectivity index (χ3n) is 5.92. The van der Waals surface area contributed by atoms with Gasteiger partial charge in [0.2, 0.25) is 5.76 Å². The molecule has 2 aliphatic heterocycles. The second-order valence-electron chi connectivity index (χ2n) is 8.19. The van der Waals surface area contributed by atoms with Crippen molar-refractivity contribution in [1.82, 2.24) is 9.97 Å². The molecule has 1 amide bonds. The Morgan fingerprint density at radius 1 is 1.12 bits per heavy atom. The monoisotopic (exact) mass is 453 g/mol. The van der Waals surface area contributed by atoms with Crippen LogP contribution in [0, 0.1) is 5.92 Å². The SMILES string of the molecule is O=C(Nc1ccc(N2CCC(CO)CC2)nc1)c1oc(N2CCCCC2)nc1C(F)(F)F. The van der Waals surface area contributed by atoms with E-state index in [2.05, 4.69) is 20.2 Å². The van der Waals surface area contributed by atoms with Crippen molar-refractivity contribution in [2.75, 3.05) is 47.9 Å². The molecule has 0 bridgehead atoms. The van der Waals surface area contributed by atoms with Gasteiger partial charge in [-0.15, -0.1) is 0 Å². The minimum absolute atomic E-state index is 0.174. The van der Waals surface area contributed by atoms with Crippen molar-refractivity contribution >= 4 is 23.4 Å². The number of carbonyl (C=O) groups is 1. The van der Waals surface area contributed by atoms with Gasteiger partial charge < -0.3 is 24.6 Å². The normalized spacial score (nSPS) is 18.1. The van der Waals surface area contributed by atoms with Gasteiger partial charge in [-0.25, -0.2) is 4.98 Å². The van der Waals surface area contributed by atoms with Crippen molar-refractivity contribution in [3.8, 4) is 0 Å². The van der Waals surface area contributed by atoms with Gasteiger partial charge in [-0.05, 0) is 50.2 Å². The first-order valence-electron chi connectivity index (χ1n) is 10.8. The Hall–Kier alpha value is -2.82. The first kappa shape index (κ1) is 22.4. The predicted molar refractivity (Wildman–Crippen MR) is 112 cm³/mol. The van der Waals surface area contributed by atoms with Gasteiger partial charge in [0.25, 0.3) is 11.9 Å². The maximum Gasteiger partial charge on any atom is 0.437 e. The summed E-state index contributed by atoms with van der Waals surface area (Å²) in [5.74, 6) is -0.869. The van der Waals surface area contributed by atoms with E-state index in [1.54, 1.807) is 17.0 Å². The smallest absolute Gasteiger partial charge is 0.417 e. The lowest BCUT2D eigenvalue weighted by molar-refractivity contribution is -0.141. The van der Waals surface area contributed by atoms with E-state index in [1.807, 2.05) is 0 Å². The Balaban J connectivity index is 1.46. The van der Waals surface area contributed by atoms with Crippen LogP contribution in [0.3, 0.4) is 0 Å². The third-order valence-corrected chi connectivity index (χ3v) is 5.92. The molecule has 0 radical (unpaired) electrons. The van der Waals surface area contributed by atoms with E-state index in [-0.39, 0.29) is 18.3 Å². The standard InChI is InChI=1S/C21H26F3N5O3/c22-21(23,24)18-17(32-20(27-18)29-8-2-1-3-9-29)19(31)26-15-4-5-16(25-12-15)28-10-6-14(13-30)7-11-28/h4-5,12,14,30H,1-3,6-11,13H2,(H,26,31). The van der Waals surface area contributed by atoms with Crippen molar-refractivity contribution in [2.45, 2.75) is 38.3 Å². The summed E-state index contributed by atoms with van der Waals surface area (Å²) in [6, 6.07) is 3.12. The highest BCUT2D eigenvalue weighted by atomic mass is 19.4. The first-order valence-corrected chi connectivity index (χ1v) is 10.8. The maximum atomic E-state index is 13.5. The Bertz CT molecular complexity index is 918. The molecule has 2 N–H and O–H groups in total. The molecule has 0 aromatic carbocycles. The number of alkyl halides is 3. The molecule has 174 valence electrons. The maximum absolute atomic E-state index is 13.5. The van der Waals surface area contributed by atoms with Crippen molar-refractivity contribution in [3.05, 3.63) is 29.8 Å². The van der Waals surface area contributed by atoms with E-state index in [0.29, 0.717) is 24.8 Å². The van der Waals surface area contributed by atoms with Gasteiger partial charge in [0.15, 0.2) is 5.69 Å². The first-order chi connectivity index (χ1) is 15.3. The topological polar surface area (TPSA) is 94.7 Å². The summed E-state index contributed by atoms with van der Waals surface area (Å²) < 4.78 is 45.7. The van der Waals surface area contributed by atoms with E-state index in [1.165, 1.54) is 6.20 Å². The highest BCUT2D eigenvalue weighted by Crippen LogP contribution is 2.35. The molecule has 8 nitrogen and oxygen atoms in total. The molecule has 2 aromatic rings. The van der Waals surface area contributed by atoms with Gasteiger partial charge >= 0.3 is 6.18 Å². The van der Waals surface area contributed by atoms with E-state index in [0.717, 1.165) is 45.2 Å². The van der Waals surface area contributed by atoms with Crippen LogP contribution in [0.4, 0.5) is 30.7 Å². The Labute approximate surface area is 183 Å². The lowest BCUT2D eigenvalue weighted by Crippen LogP contribution is -2.35. The quantitative estimate of drug-likeness (QED) is 0.715. The van der Waals surface area contributed by atoms with Crippen molar-refractivity contribution in [2.24, 2.45) is 5.92 Å². The molecular weight excluding hydrogens is 427 g/mol. The molecule has 32 heavy (non-hydrogen) atoms. The molecule has 0 aliphatic carbocycles. The van der Waals surface area contributed by atoms with Gasteiger partial charge in [-0.3, -0.25) is 4.79 Å². The number of aromatic nitrogens is 2. The highest BCUT2D eigenvalue weighted by molar-refractivity contribution is 6.03.